The smallest absolute Gasteiger partial charge is 0.311 e. The molecule has 1 saturated carbocycles. The second kappa shape index (κ2) is 5.48. The van der Waals surface area contributed by atoms with Crippen molar-refractivity contribution in [3.8, 4) is 0 Å². The highest BCUT2D eigenvalue weighted by Gasteiger charge is 2.45. The number of carboxylic acids is 1. The largest absolute Gasteiger partial charge is 0.481 e. The van der Waals surface area contributed by atoms with Gasteiger partial charge < -0.3 is 15.7 Å². The monoisotopic (exact) mass is 277 g/mol. The van der Waals surface area contributed by atoms with E-state index in [0.29, 0.717) is 12.1 Å². The van der Waals surface area contributed by atoms with Gasteiger partial charge in [0.05, 0.1) is 5.41 Å². The van der Waals surface area contributed by atoms with Crippen molar-refractivity contribution in [3.63, 3.8) is 0 Å². The van der Waals surface area contributed by atoms with Gasteiger partial charge in [0.2, 0.25) is 0 Å². The van der Waals surface area contributed by atoms with Crippen LogP contribution >= 0.6 is 0 Å². The summed E-state index contributed by atoms with van der Waals surface area (Å²) in [7, 11) is 1.54. The summed E-state index contributed by atoms with van der Waals surface area (Å²) in [6.45, 7) is 1.76. The van der Waals surface area contributed by atoms with E-state index in [4.69, 9.17) is 0 Å². The summed E-state index contributed by atoms with van der Waals surface area (Å²) in [6.07, 6.45) is 3.89. The van der Waals surface area contributed by atoms with E-state index in [2.05, 4.69) is 15.6 Å². The van der Waals surface area contributed by atoms with Gasteiger partial charge in [-0.05, 0) is 31.9 Å². The third-order valence-electron chi connectivity index (χ3n) is 4.01. The zero-order valence-electron chi connectivity index (χ0n) is 11.6. The van der Waals surface area contributed by atoms with Crippen LogP contribution in [-0.4, -0.2) is 35.1 Å². The van der Waals surface area contributed by atoms with Gasteiger partial charge in [0.25, 0.3) is 5.91 Å². The minimum atomic E-state index is -0.784. The number of rotatable bonds is 4. The third kappa shape index (κ3) is 2.59. The normalized spacial score (nSPS) is 25.2. The summed E-state index contributed by atoms with van der Waals surface area (Å²) < 4.78 is 0. The molecule has 1 aliphatic rings. The van der Waals surface area contributed by atoms with Crippen LogP contribution in [0.5, 0.6) is 0 Å². The molecule has 1 amide bonds. The minimum absolute atomic E-state index is 0.139. The Labute approximate surface area is 117 Å². The Balaban J connectivity index is 2.18. The molecule has 1 heterocycles. The number of carbonyl (C=O) groups is 2. The van der Waals surface area contributed by atoms with Crippen LogP contribution in [0.2, 0.25) is 0 Å². The van der Waals surface area contributed by atoms with Crippen LogP contribution in [0.15, 0.2) is 18.3 Å². The van der Waals surface area contributed by atoms with E-state index in [0.717, 1.165) is 18.5 Å². The van der Waals surface area contributed by atoms with Gasteiger partial charge in [0.1, 0.15) is 5.69 Å². The minimum Gasteiger partial charge on any atom is -0.481 e. The second-order valence-corrected chi connectivity index (χ2v) is 5.32. The molecule has 1 aromatic heterocycles. The molecule has 1 aliphatic carbocycles. The molecule has 0 radical (unpaired) electrons. The Bertz CT molecular complexity index is 532. The lowest BCUT2D eigenvalue weighted by atomic mass is 9.85. The number of nitrogens with one attached hydrogen (secondary N) is 2. The Morgan fingerprint density at radius 3 is 2.90 bits per heavy atom. The number of carboxylic acid groups (broad SMARTS) is 1. The molecule has 0 saturated heterocycles. The van der Waals surface area contributed by atoms with Gasteiger partial charge in [-0.15, -0.1) is 0 Å². The molecule has 20 heavy (non-hydrogen) atoms. The number of amides is 1. The van der Waals surface area contributed by atoms with E-state index < -0.39 is 11.4 Å². The molecule has 6 heteroatoms. The first kappa shape index (κ1) is 14.3. The third-order valence-corrected chi connectivity index (χ3v) is 4.01. The summed E-state index contributed by atoms with van der Waals surface area (Å²) in [5.41, 5.74) is 0.265. The maximum absolute atomic E-state index is 11.5. The maximum atomic E-state index is 11.5. The van der Waals surface area contributed by atoms with Crippen LogP contribution < -0.4 is 10.6 Å². The van der Waals surface area contributed by atoms with Crippen molar-refractivity contribution in [2.75, 3.05) is 12.4 Å². The summed E-state index contributed by atoms with van der Waals surface area (Å²) in [5.74, 6) is -1.05. The summed E-state index contributed by atoms with van der Waals surface area (Å²) in [5, 5.41) is 15.1. The fraction of sp³-hybridized carbons (Fsp3) is 0.500. The van der Waals surface area contributed by atoms with Gasteiger partial charge >= 0.3 is 5.97 Å². The van der Waals surface area contributed by atoms with Gasteiger partial charge in [-0.25, -0.2) is 0 Å². The summed E-state index contributed by atoms with van der Waals surface area (Å²) >= 11 is 0. The van der Waals surface area contributed by atoms with Crippen LogP contribution in [0.1, 0.15) is 36.7 Å². The fourth-order valence-electron chi connectivity index (χ4n) is 2.63. The summed E-state index contributed by atoms with van der Waals surface area (Å²) in [4.78, 5) is 27.0. The van der Waals surface area contributed by atoms with Crippen molar-refractivity contribution in [2.45, 2.75) is 32.2 Å². The predicted octanol–water partition coefficient (Wildman–Crippen LogP) is 1.50. The molecule has 0 spiro atoms. The van der Waals surface area contributed by atoms with Gasteiger partial charge in [-0.1, -0.05) is 6.42 Å². The highest BCUT2D eigenvalue weighted by Crippen LogP contribution is 2.39. The lowest BCUT2D eigenvalue weighted by Gasteiger charge is -2.28. The van der Waals surface area contributed by atoms with Gasteiger partial charge in [-0.2, -0.15) is 0 Å². The average molecular weight is 277 g/mol. The van der Waals surface area contributed by atoms with E-state index in [1.807, 2.05) is 0 Å². The number of carbonyl (C=O) groups excluding carboxylic acids is 1. The maximum Gasteiger partial charge on any atom is 0.311 e. The van der Waals surface area contributed by atoms with E-state index in [9.17, 15) is 14.7 Å². The van der Waals surface area contributed by atoms with E-state index in [-0.39, 0.29) is 11.9 Å². The van der Waals surface area contributed by atoms with Crippen LogP contribution in [0.4, 0.5) is 5.69 Å². The molecule has 3 N–H and O–H groups in total. The molecule has 108 valence electrons. The van der Waals surface area contributed by atoms with Crippen molar-refractivity contribution >= 4 is 17.6 Å². The number of anilines is 1. The van der Waals surface area contributed by atoms with E-state index >= 15 is 0 Å². The predicted molar refractivity (Wildman–Crippen MR) is 74.6 cm³/mol. The number of hydrogen-bond acceptors (Lipinski definition) is 4. The second-order valence-electron chi connectivity index (χ2n) is 5.32. The topological polar surface area (TPSA) is 91.3 Å². The van der Waals surface area contributed by atoms with Crippen molar-refractivity contribution < 1.29 is 14.7 Å². The number of hydrogen-bond donors (Lipinski definition) is 3. The standard InChI is InChI=1S/C14H19N3O3/c1-14(13(19)20)6-3-4-11(14)17-9-5-7-16-10(8-9)12(18)15-2/h5,7-8,11H,3-4,6H2,1-2H3,(H,15,18)(H,16,17)(H,19,20). The molecule has 2 unspecified atom stereocenters. The average Bonchev–Trinajstić information content (AvgIpc) is 2.81. The molecule has 6 nitrogen and oxygen atoms in total. The number of pyridine rings is 1. The van der Waals surface area contributed by atoms with Crippen LogP contribution in [-0.2, 0) is 4.79 Å². The molecular weight excluding hydrogens is 258 g/mol. The molecule has 1 fully saturated rings. The molecule has 2 rings (SSSR count). The van der Waals surface area contributed by atoms with Crippen LogP contribution in [0.25, 0.3) is 0 Å². The van der Waals surface area contributed by atoms with Crippen molar-refractivity contribution in [3.05, 3.63) is 24.0 Å². The molecule has 1 aromatic rings. The highest BCUT2D eigenvalue weighted by atomic mass is 16.4. The Morgan fingerprint density at radius 2 is 2.25 bits per heavy atom. The Hall–Kier alpha value is -2.11. The molecule has 0 aromatic carbocycles. The molecular formula is C14H19N3O3. The molecule has 0 bridgehead atoms. The van der Waals surface area contributed by atoms with Gasteiger partial charge in [0.15, 0.2) is 0 Å². The van der Waals surface area contributed by atoms with Crippen molar-refractivity contribution in [1.29, 1.82) is 0 Å². The SMILES string of the molecule is CNC(=O)c1cc(NC2CCCC2(C)C(=O)O)ccn1. The van der Waals surface area contributed by atoms with Gasteiger partial charge in [-0.3, -0.25) is 14.6 Å². The van der Waals surface area contributed by atoms with Crippen molar-refractivity contribution in [2.24, 2.45) is 5.41 Å². The molecule has 0 aliphatic heterocycles. The van der Waals surface area contributed by atoms with Crippen LogP contribution in [0, 0.1) is 5.41 Å². The highest BCUT2D eigenvalue weighted by molar-refractivity contribution is 5.92. The van der Waals surface area contributed by atoms with E-state index in [1.165, 1.54) is 0 Å². The first-order valence-electron chi connectivity index (χ1n) is 6.65. The van der Waals surface area contributed by atoms with Gasteiger partial charge in [0, 0.05) is 25.0 Å². The summed E-state index contributed by atoms with van der Waals surface area (Å²) in [6, 6.07) is 3.24. The zero-order chi connectivity index (χ0) is 14.8. The Morgan fingerprint density at radius 1 is 1.50 bits per heavy atom. The zero-order valence-corrected chi connectivity index (χ0v) is 11.6. The first-order valence-corrected chi connectivity index (χ1v) is 6.65. The number of aliphatic carboxylic acids is 1. The lowest BCUT2D eigenvalue weighted by molar-refractivity contribution is -0.147. The quantitative estimate of drug-likeness (QED) is 0.775. The Kier molecular flexibility index (Phi) is 3.92. The fourth-order valence-corrected chi connectivity index (χ4v) is 2.63. The lowest BCUT2D eigenvalue weighted by Crippen LogP contribution is -2.40. The van der Waals surface area contributed by atoms with Crippen LogP contribution in [0.3, 0.4) is 0 Å². The number of nitrogens with zero attached hydrogens (tertiary/aromatic N) is 1. The van der Waals surface area contributed by atoms with Crippen molar-refractivity contribution in [1.82, 2.24) is 10.3 Å². The van der Waals surface area contributed by atoms with E-state index in [1.54, 1.807) is 32.3 Å². The molecule has 2 atom stereocenters. The number of aromatic nitrogens is 1. The first-order chi connectivity index (χ1) is 9.47.